The van der Waals surface area contributed by atoms with Crippen LogP contribution in [0.3, 0.4) is 0 Å². The number of rotatable bonds is 3. The van der Waals surface area contributed by atoms with Crippen molar-refractivity contribution in [3.8, 4) is 0 Å². The Bertz CT molecular complexity index is 641. The van der Waals surface area contributed by atoms with Crippen molar-refractivity contribution in [1.29, 1.82) is 0 Å². The van der Waals surface area contributed by atoms with Crippen LogP contribution in [0.4, 0.5) is 0 Å². The van der Waals surface area contributed by atoms with Gasteiger partial charge in [0.1, 0.15) is 0 Å². The van der Waals surface area contributed by atoms with Crippen molar-refractivity contribution in [3.63, 3.8) is 0 Å². The Morgan fingerprint density at radius 2 is 2.25 bits per heavy atom. The van der Waals surface area contributed by atoms with Gasteiger partial charge in [-0.05, 0) is 29.7 Å². The molecule has 0 unspecified atom stereocenters. The van der Waals surface area contributed by atoms with E-state index in [9.17, 15) is 9.90 Å². The maximum atomic E-state index is 11.1. The average Bonchev–Trinajstić information content (AvgIpc) is 2.79. The van der Waals surface area contributed by atoms with Gasteiger partial charge in [-0.25, -0.2) is 0 Å². The number of pyridine rings is 1. The van der Waals surface area contributed by atoms with Crippen molar-refractivity contribution in [2.45, 2.75) is 13.5 Å². The molecule has 0 bridgehead atoms. The summed E-state index contributed by atoms with van der Waals surface area (Å²) in [4.78, 5) is 17.7. The molecule has 1 fully saturated rings. The standard InChI is InChI=1S/C16H18N2O2/c1-11-8-18(10-14(11)16(19)20)9-12-4-5-15-13(7-12)3-2-6-17-15/h2-7,11,14H,8-10H2,1H3,(H,19,20)/t11-,14-/m1/s1. The van der Waals surface area contributed by atoms with Gasteiger partial charge >= 0.3 is 5.97 Å². The van der Waals surface area contributed by atoms with Gasteiger partial charge in [-0.3, -0.25) is 14.7 Å². The lowest BCUT2D eigenvalue weighted by Crippen LogP contribution is -2.23. The molecular formula is C16H18N2O2. The van der Waals surface area contributed by atoms with Crippen LogP contribution in [0.1, 0.15) is 12.5 Å². The number of carbonyl (C=O) groups is 1. The van der Waals surface area contributed by atoms with Gasteiger partial charge in [0, 0.05) is 31.2 Å². The Morgan fingerprint density at radius 1 is 1.40 bits per heavy atom. The predicted octanol–water partition coefficient (Wildman–Crippen LogP) is 2.39. The van der Waals surface area contributed by atoms with Gasteiger partial charge in [-0.1, -0.05) is 19.1 Å². The third-order valence-electron chi connectivity index (χ3n) is 4.08. The molecule has 0 aliphatic carbocycles. The fourth-order valence-corrected chi connectivity index (χ4v) is 3.00. The molecule has 1 N–H and O–H groups in total. The third-order valence-corrected chi connectivity index (χ3v) is 4.08. The summed E-state index contributed by atoms with van der Waals surface area (Å²) < 4.78 is 0. The van der Waals surface area contributed by atoms with Crippen LogP contribution in [0.15, 0.2) is 36.5 Å². The number of aromatic nitrogens is 1. The molecule has 104 valence electrons. The van der Waals surface area contributed by atoms with Crippen LogP contribution < -0.4 is 0 Å². The first-order chi connectivity index (χ1) is 9.63. The number of carboxylic acid groups (broad SMARTS) is 1. The van der Waals surface area contributed by atoms with Crippen LogP contribution in [0.5, 0.6) is 0 Å². The SMILES string of the molecule is C[C@@H]1CN(Cc2ccc3ncccc3c2)C[C@H]1C(=O)O. The molecule has 2 heterocycles. The minimum absolute atomic E-state index is 0.217. The van der Waals surface area contributed by atoms with Crippen molar-refractivity contribution in [2.75, 3.05) is 13.1 Å². The summed E-state index contributed by atoms with van der Waals surface area (Å²) in [6.45, 7) is 4.31. The summed E-state index contributed by atoms with van der Waals surface area (Å²) >= 11 is 0. The highest BCUT2D eigenvalue weighted by molar-refractivity contribution is 5.78. The lowest BCUT2D eigenvalue weighted by atomic mass is 9.99. The molecule has 1 aromatic carbocycles. The van der Waals surface area contributed by atoms with Crippen LogP contribution in [0.2, 0.25) is 0 Å². The number of nitrogens with zero attached hydrogens (tertiary/aromatic N) is 2. The summed E-state index contributed by atoms with van der Waals surface area (Å²) in [5.74, 6) is -0.700. The first kappa shape index (κ1) is 13.1. The van der Waals surface area contributed by atoms with Crippen LogP contribution in [0.25, 0.3) is 10.9 Å². The second kappa shape index (κ2) is 5.21. The van der Waals surface area contributed by atoms with Gasteiger partial charge in [-0.15, -0.1) is 0 Å². The lowest BCUT2D eigenvalue weighted by Gasteiger charge is -2.15. The van der Waals surface area contributed by atoms with Crippen molar-refractivity contribution in [3.05, 3.63) is 42.1 Å². The zero-order valence-corrected chi connectivity index (χ0v) is 11.5. The number of fused-ring (bicyclic) bond motifs is 1. The molecule has 1 aliphatic heterocycles. The summed E-state index contributed by atoms with van der Waals surface area (Å²) in [5, 5.41) is 10.3. The molecule has 20 heavy (non-hydrogen) atoms. The van der Waals surface area contributed by atoms with E-state index in [1.54, 1.807) is 6.20 Å². The monoisotopic (exact) mass is 270 g/mol. The zero-order chi connectivity index (χ0) is 14.1. The Hall–Kier alpha value is -1.94. The zero-order valence-electron chi connectivity index (χ0n) is 11.5. The van der Waals surface area contributed by atoms with Crippen LogP contribution in [-0.4, -0.2) is 34.0 Å². The molecule has 1 aromatic heterocycles. The number of carboxylic acids is 1. The Labute approximate surface area is 118 Å². The van der Waals surface area contributed by atoms with Crippen molar-refractivity contribution < 1.29 is 9.90 Å². The average molecular weight is 270 g/mol. The van der Waals surface area contributed by atoms with E-state index in [2.05, 4.69) is 28.1 Å². The quantitative estimate of drug-likeness (QED) is 0.930. The summed E-state index contributed by atoms with van der Waals surface area (Å²) in [5.41, 5.74) is 2.21. The molecule has 0 radical (unpaired) electrons. The van der Waals surface area contributed by atoms with Gasteiger partial charge in [0.2, 0.25) is 0 Å². The molecule has 0 spiro atoms. The van der Waals surface area contributed by atoms with E-state index in [1.807, 2.05) is 19.1 Å². The topological polar surface area (TPSA) is 53.4 Å². The van der Waals surface area contributed by atoms with Gasteiger partial charge in [-0.2, -0.15) is 0 Å². The number of hydrogen-bond acceptors (Lipinski definition) is 3. The molecule has 4 nitrogen and oxygen atoms in total. The number of likely N-dealkylation sites (tertiary alicyclic amines) is 1. The normalized spacial score (nSPS) is 23.2. The van der Waals surface area contributed by atoms with Gasteiger partial charge in [0.15, 0.2) is 0 Å². The highest BCUT2D eigenvalue weighted by Crippen LogP contribution is 2.25. The molecule has 0 amide bonds. The van der Waals surface area contributed by atoms with E-state index in [-0.39, 0.29) is 11.8 Å². The van der Waals surface area contributed by atoms with Crippen molar-refractivity contribution in [2.24, 2.45) is 11.8 Å². The maximum Gasteiger partial charge on any atom is 0.308 e. The van der Waals surface area contributed by atoms with Crippen LogP contribution >= 0.6 is 0 Å². The Balaban J connectivity index is 1.75. The molecule has 3 rings (SSSR count). The van der Waals surface area contributed by atoms with Gasteiger partial charge in [0.25, 0.3) is 0 Å². The number of aliphatic carboxylic acids is 1. The molecule has 1 aliphatic rings. The highest BCUT2D eigenvalue weighted by Gasteiger charge is 2.34. The fraction of sp³-hybridized carbons (Fsp3) is 0.375. The lowest BCUT2D eigenvalue weighted by molar-refractivity contribution is -0.142. The second-order valence-corrected chi connectivity index (χ2v) is 5.65. The molecule has 0 saturated carbocycles. The molecular weight excluding hydrogens is 252 g/mol. The van der Waals surface area contributed by atoms with E-state index in [0.29, 0.717) is 6.54 Å². The van der Waals surface area contributed by atoms with Crippen molar-refractivity contribution >= 4 is 16.9 Å². The number of hydrogen-bond donors (Lipinski definition) is 1. The van der Waals surface area contributed by atoms with E-state index in [1.165, 1.54) is 5.56 Å². The minimum atomic E-state index is -0.678. The summed E-state index contributed by atoms with van der Waals surface area (Å²) in [6, 6.07) is 10.2. The van der Waals surface area contributed by atoms with E-state index in [4.69, 9.17) is 0 Å². The number of benzene rings is 1. The van der Waals surface area contributed by atoms with Gasteiger partial charge < -0.3 is 5.11 Å². The summed E-state index contributed by atoms with van der Waals surface area (Å²) in [7, 11) is 0. The molecule has 2 aromatic rings. The fourth-order valence-electron chi connectivity index (χ4n) is 3.00. The Morgan fingerprint density at radius 3 is 3.00 bits per heavy atom. The minimum Gasteiger partial charge on any atom is -0.481 e. The third kappa shape index (κ3) is 2.51. The molecule has 2 atom stereocenters. The largest absolute Gasteiger partial charge is 0.481 e. The summed E-state index contributed by atoms with van der Waals surface area (Å²) in [6.07, 6.45) is 1.79. The van der Waals surface area contributed by atoms with E-state index < -0.39 is 5.97 Å². The predicted molar refractivity (Wildman–Crippen MR) is 77.3 cm³/mol. The van der Waals surface area contributed by atoms with Crippen molar-refractivity contribution in [1.82, 2.24) is 9.88 Å². The smallest absolute Gasteiger partial charge is 0.308 e. The molecule has 1 saturated heterocycles. The first-order valence-corrected chi connectivity index (χ1v) is 6.92. The van der Waals surface area contributed by atoms with E-state index >= 15 is 0 Å². The maximum absolute atomic E-state index is 11.1. The van der Waals surface area contributed by atoms with Crippen LogP contribution in [0, 0.1) is 11.8 Å². The Kier molecular flexibility index (Phi) is 3.40. The second-order valence-electron chi connectivity index (χ2n) is 5.65. The van der Waals surface area contributed by atoms with Gasteiger partial charge in [0.05, 0.1) is 11.4 Å². The van der Waals surface area contributed by atoms with E-state index in [0.717, 1.165) is 24.0 Å². The first-order valence-electron chi connectivity index (χ1n) is 6.92. The van der Waals surface area contributed by atoms with Crippen LogP contribution in [-0.2, 0) is 11.3 Å². The highest BCUT2D eigenvalue weighted by atomic mass is 16.4. The molecule has 4 heteroatoms.